The van der Waals surface area contributed by atoms with Gasteiger partial charge in [0.1, 0.15) is 0 Å². The molecular formula is C20H28N2O2. The van der Waals surface area contributed by atoms with Crippen molar-refractivity contribution in [1.82, 2.24) is 10.3 Å². The second-order valence-electron chi connectivity index (χ2n) is 6.16. The smallest absolute Gasteiger partial charge is 0.287 e. The zero-order valence-corrected chi connectivity index (χ0v) is 15.0. The van der Waals surface area contributed by atoms with Crippen molar-refractivity contribution >= 4 is 11.7 Å². The first-order valence-corrected chi connectivity index (χ1v) is 8.49. The van der Waals surface area contributed by atoms with Crippen LogP contribution in [0.3, 0.4) is 0 Å². The highest BCUT2D eigenvalue weighted by Crippen LogP contribution is 2.08. The van der Waals surface area contributed by atoms with Gasteiger partial charge in [0.15, 0.2) is 0 Å². The van der Waals surface area contributed by atoms with Crippen LogP contribution in [0, 0.1) is 0 Å². The minimum atomic E-state index is -0.499. The summed E-state index contributed by atoms with van der Waals surface area (Å²) in [6, 6.07) is 5.65. The van der Waals surface area contributed by atoms with Gasteiger partial charge in [-0.2, -0.15) is 0 Å². The third-order valence-corrected chi connectivity index (χ3v) is 3.60. The van der Waals surface area contributed by atoms with E-state index in [4.69, 9.17) is 0 Å². The van der Waals surface area contributed by atoms with Crippen molar-refractivity contribution in [1.29, 1.82) is 0 Å². The molecule has 0 spiro atoms. The molecule has 130 valence electrons. The molecular weight excluding hydrogens is 300 g/mol. The Labute approximate surface area is 145 Å². The molecule has 4 nitrogen and oxygen atoms in total. The van der Waals surface area contributed by atoms with Gasteiger partial charge in [-0.05, 0) is 52.2 Å². The second-order valence-corrected chi connectivity index (χ2v) is 6.16. The van der Waals surface area contributed by atoms with Gasteiger partial charge in [0.2, 0.25) is 5.78 Å². The highest BCUT2D eigenvalue weighted by Gasteiger charge is 2.11. The molecule has 1 aromatic heterocycles. The van der Waals surface area contributed by atoms with Gasteiger partial charge in [0.05, 0.1) is 0 Å². The van der Waals surface area contributed by atoms with Crippen LogP contribution in [0.15, 0.2) is 47.7 Å². The van der Waals surface area contributed by atoms with E-state index in [1.807, 2.05) is 18.2 Å². The van der Waals surface area contributed by atoms with E-state index in [0.29, 0.717) is 19.4 Å². The van der Waals surface area contributed by atoms with E-state index in [2.05, 4.69) is 43.2 Å². The first kappa shape index (κ1) is 19.8. The van der Waals surface area contributed by atoms with Crippen LogP contribution in [-0.4, -0.2) is 23.2 Å². The van der Waals surface area contributed by atoms with Crippen molar-refractivity contribution in [3.63, 3.8) is 0 Å². The summed E-state index contributed by atoms with van der Waals surface area (Å²) in [6.45, 7) is 6.67. The number of aromatic nitrogens is 1. The topological polar surface area (TPSA) is 59.1 Å². The first-order chi connectivity index (χ1) is 11.5. The summed E-state index contributed by atoms with van der Waals surface area (Å²) in [5.41, 5.74) is 3.48. The predicted molar refractivity (Wildman–Crippen MR) is 97.6 cm³/mol. The Morgan fingerprint density at radius 1 is 1.08 bits per heavy atom. The van der Waals surface area contributed by atoms with Crippen LogP contribution in [-0.2, 0) is 16.0 Å². The number of hydrogen-bond acceptors (Lipinski definition) is 3. The van der Waals surface area contributed by atoms with Crippen LogP contribution >= 0.6 is 0 Å². The predicted octanol–water partition coefficient (Wildman–Crippen LogP) is 3.78. The molecule has 0 aromatic carbocycles. The van der Waals surface area contributed by atoms with E-state index >= 15 is 0 Å². The van der Waals surface area contributed by atoms with Crippen LogP contribution in [0.4, 0.5) is 0 Å². The monoisotopic (exact) mass is 328 g/mol. The molecule has 0 bridgehead atoms. The molecule has 1 amide bonds. The van der Waals surface area contributed by atoms with Gasteiger partial charge >= 0.3 is 0 Å². The molecule has 1 N–H and O–H groups in total. The molecule has 0 unspecified atom stereocenters. The van der Waals surface area contributed by atoms with Crippen molar-refractivity contribution in [3.05, 3.63) is 53.4 Å². The fourth-order valence-corrected chi connectivity index (χ4v) is 2.20. The Balaban J connectivity index is 2.21. The van der Waals surface area contributed by atoms with E-state index in [1.54, 1.807) is 6.20 Å². The molecule has 0 saturated carbocycles. The van der Waals surface area contributed by atoms with Gasteiger partial charge < -0.3 is 5.32 Å². The fraction of sp³-hybridized carbons (Fsp3) is 0.450. The Morgan fingerprint density at radius 3 is 2.50 bits per heavy atom. The minimum Gasteiger partial charge on any atom is -0.349 e. The molecule has 0 aliphatic rings. The highest BCUT2D eigenvalue weighted by atomic mass is 16.2. The summed E-state index contributed by atoms with van der Waals surface area (Å²) < 4.78 is 0. The van der Waals surface area contributed by atoms with Crippen molar-refractivity contribution < 1.29 is 9.59 Å². The largest absolute Gasteiger partial charge is 0.349 e. The molecule has 1 rings (SSSR count). The number of amides is 1. The van der Waals surface area contributed by atoms with E-state index in [9.17, 15) is 9.59 Å². The Kier molecular flexibility index (Phi) is 9.35. The lowest BCUT2D eigenvalue weighted by atomic mass is 10.1. The Morgan fingerprint density at radius 2 is 1.83 bits per heavy atom. The number of nitrogens with one attached hydrogen (secondary N) is 1. The molecule has 1 aromatic rings. The molecule has 4 heteroatoms. The van der Waals surface area contributed by atoms with Crippen LogP contribution in [0.2, 0.25) is 0 Å². The number of carbonyl (C=O) groups is 2. The zero-order chi connectivity index (χ0) is 17.8. The van der Waals surface area contributed by atoms with Crippen molar-refractivity contribution in [2.45, 2.75) is 52.9 Å². The SMILES string of the molecule is CC(C)=CCC/C(C)=C/CCC(=O)C(=O)NCCc1ccccn1. The van der Waals surface area contributed by atoms with Gasteiger partial charge in [0, 0.05) is 31.3 Å². The molecule has 0 saturated heterocycles. The summed E-state index contributed by atoms with van der Waals surface area (Å²) in [4.78, 5) is 27.7. The maximum absolute atomic E-state index is 11.8. The fourth-order valence-electron chi connectivity index (χ4n) is 2.20. The number of allylic oxidation sites excluding steroid dienone is 4. The summed E-state index contributed by atoms with van der Waals surface area (Å²) in [7, 11) is 0. The van der Waals surface area contributed by atoms with Crippen molar-refractivity contribution in [2.24, 2.45) is 0 Å². The number of carbonyl (C=O) groups excluding carboxylic acids is 2. The van der Waals surface area contributed by atoms with E-state index < -0.39 is 5.91 Å². The van der Waals surface area contributed by atoms with E-state index in [0.717, 1.165) is 18.5 Å². The molecule has 0 fully saturated rings. The molecule has 0 atom stereocenters. The maximum Gasteiger partial charge on any atom is 0.287 e. The first-order valence-electron chi connectivity index (χ1n) is 8.49. The highest BCUT2D eigenvalue weighted by molar-refractivity contribution is 6.36. The Bertz CT molecular complexity index is 585. The number of nitrogens with zero attached hydrogens (tertiary/aromatic N) is 1. The molecule has 1 heterocycles. The molecule has 0 aliphatic carbocycles. The normalized spacial score (nSPS) is 11.0. The third kappa shape index (κ3) is 9.03. The molecule has 0 aliphatic heterocycles. The quantitative estimate of drug-likeness (QED) is 0.525. The standard InChI is InChI=1S/C20H28N2O2/c1-16(2)8-6-9-17(3)10-7-12-19(23)20(24)22-15-13-18-11-4-5-14-21-18/h4-5,8,10-11,14H,6-7,9,12-13,15H2,1-3H3,(H,22,24)/b17-10+. The summed E-state index contributed by atoms with van der Waals surface area (Å²) in [5.74, 6) is -0.856. The summed E-state index contributed by atoms with van der Waals surface area (Å²) >= 11 is 0. The van der Waals surface area contributed by atoms with Crippen molar-refractivity contribution in [3.8, 4) is 0 Å². The lowest BCUT2D eigenvalue weighted by Crippen LogP contribution is -2.32. The maximum atomic E-state index is 11.8. The minimum absolute atomic E-state index is 0.259. The van der Waals surface area contributed by atoms with Gasteiger partial charge in [-0.1, -0.05) is 29.4 Å². The number of Topliss-reactive ketones (excluding diaryl/α,β-unsaturated/α-hetero) is 1. The van der Waals surface area contributed by atoms with Crippen LogP contribution < -0.4 is 5.32 Å². The molecule has 0 radical (unpaired) electrons. The van der Waals surface area contributed by atoms with Gasteiger partial charge in [-0.3, -0.25) is 14.6 Å². The van der Waals surface area contributed by atoms with Crippen LogP contribution in [0.25, 0.3) is 0 Å². The summed E-state index contributed by atoms with van der Waals surface area (Å²) in [5, 5.41) is 2.66. The van der Waals surface area contributed by atoms with E-state index in [1.165, 1.54) is 11.1 Å². The van der Waals surface area contributed by atoms with Crippen LogP contribution in [0.5, 0.6) is 0 Å². The number of hydrogen-bond donors (Lipinski definition) is 1. The molecule has 24 heavy (non-hydrogen) atoms. The zero-order valence-electron chi connectivity index (χ0n) is 15.0. The van der Waals surface area contributed by atoms with Gasteiger partial charge in [0.25, 0.3) is 5.91 Å². The lowest BCUT2D eigenvalue weighted by Gasteiger charge is -2.04. The number of rotatable bonds is 10. The third-order valence-electron chi connectivity index (χ3n) is 3.60. The average Bonchev–Trinajstić information content (AvgIpc) is 2.55. The average molecular weight is 328 g/mol. The van der Waals surface area contributed by atoms with E-state index in [-0.39, 0.29) is 12.2 Å². The van der Waals surface area contributed by atoms with Gasteiger partial charge in [-0.15, -0.1) is 0 Å². The Hall–Kier alpha value is -2.23. The van der Waals surface area contributed by atoms with Gasteiger partial charge in [-0.25, -0.2) is 0 Å². The van der Waals surface area contributed by atoms with Crippen LogP contribution in [0.1, 0.15) is 52.1 Å². The number of pyridine rings is 1. The van der Waals surface area contributed by atoms with Crippen molar-refractivity contribution in [2.75, 3.05) is 6.54 Å². The second kappa shape index (κ2) is 11.3. The summed E-state index contributed by atoms with van der Waals surface area (Å²) in [6.07, 6.45) is 9.50. The lowest BCUT2D eigenvalue weighted by molar-refractivity contribution is -0.137. The number of ketones is 1.